The van der Waals surface area contributed by atoms with Crippen molar-refractivity contribution in [2.45, 2.75) is 74.5 Å². The van der Waals surface area contributed by atoms with Crippen molar-refractivity contribution >= 4 is 28.5 Å². The Bertz CT molecular complexity index is 1810. The van der Waals surface area contributed by atoms with Crippen LogP contribution < -0.4 is 18.9 Å². The smallest absolute Gasteiger partial charge is 0.315 e. The van der Waals surface area contributed by atoms with E-state index in [1.807, 2.05) is 6.07 Å². The number of ketones is 1. The lowest BCUT2D eigenvalue weighted by atomic mass is 9.49. The van der Waals surface area contributed by atoms with E-state index < -0.39 is 29.1 Å². The van der Waals surface area contributed by atoms with Gasteiger partial charge in [-0.2, -0.15) is 0 Å². The van der Waals surface area contributed by atoms with E-state index in [4.69, 9.17) is 18.9 Å². The number of nitrogens with zero attached hydrogens (tertiary/aromatic N) is 1. The minimum Gasteiger partial charge on any atom is -0.497 e. The highest BCUT2D eigenvalue weighted by molar-refractivity contribution is 5.96. The van der Waals surface area contributed by atoms with Gasteiger partial charge >= 0.3 is 11.9 Å². The van der Waals surface area contributed by atoms with E-state index in [-0.39, 0.29) is 36.8 Å². The predicted octanol–water partition coefficient (Wildman–Crippen LogP) is 3.77. The van der Waals surface area contributed by atoms with Crippen molar-refractivity contribution in [3.63, 3.8) is 0 Å². The summed E-state index contributed by atoms with van der Waals surface area (Å²) < 4.78 is 23.4. The van der Waals surface area contributed by atoms with Gasteiger partial charge in [-0.05, 0) is 102 Å². The fraction of sp³-hybridized carbons (Fsp3) is 0.472. The Hall–Kier alpha value is -4.15. The molecule has 5 aliphatic rings. The Morgan fingerprint density at radius 3 is 2.41 bits per heavy atom. The standard InChI is InChI=1S/C36H37NO9/c1-43-24-11-21-12-25(44-2)14-23(31(21)22(13-24)16-29(39)40)17-30(41)45-27-6-5-20-15-28-36(42)8-7-26(38)34-35(36,32(20)33(27)46-34)9-10-37(28)18-19-3-4-19/h5-6,11-14,19,28,34,42H,3-4,7-10,15-18H2,1-2H3,(H,39,40)/t28-,34+,35+,36-/m1/s1. The van der Waals surface area contributed by atoms with Gasteiger partial charge in [0.2, 0.25) is 0 Å². The van der Waals surface area contributed by atoms with E-state index in [9.17, 15) is 24.6 Å². The van der Waals surface area contributed by atoms with Crippen LogP contribution in [0.15, 0.2) is 36.4 Å². The van der Waals surface area contributed by atoms with Crippen LogP contribution in [0.3, 0.4) is 0 Å². The number of Topliss-reactive ketones (excluding diaryl/α,β-unsaturated/α-hetero) is 1. The largest absolute Gasteiger partial charge is 0.497 e. The molecule has 46 heavy (non-hydrogen) atoms. The van der Waals surface area contributed by atoms with Gasteiger partial charge in [0.1, 0.15) is 11.5 Å². The number of carbonyl (C=O) groups excluding carboxylic acids is 2. The number of piperidine rings is 1. The van der Waals surface area contributed by atoms with Gasteiger partial charge in [-0.15, -0.1) is 0 Å². The Balaban J connectivity index is 1.16. The molecule has 0 amide bonds. The Morgan fingerprint density at radius 2 is 1.74 bits per heavy atom. The number of carboxylic acids is 1. The average molecular weight is 628 g/mol. The lowest BCUT2D eigenvalue weighted by Gasteiger charge is -2.62. The molecule has 0 aromatic heterocycles. The van der Waals surface area contributed by atoms with Crippen LogP contribution in [-0.2, 0) is 39.1 Å². The number of ether oxygens (including phenoxy) is 4. The molecule has 3 fully saturated rings. The third-order valence-electron chi connectivity index (χ3n) is 11.1. The lowest BCUT2D eigenvalue weighted by molar-refractivity contribution is -0.188. The van der Waals surface area contributed by atoms with Gasteiger partial charge in [0.25, 0.3) is 0 Å². The number of fused-ring (bicyclic) bond motifs is 1. The number of aliphatic hydroxyl groups is 1. The molecule has 10 heteroatoms. The van der Waals surface area contributed by atoms with Crippen molar-refractivity contribution in [2.75, 3.05) is 27.3 Å². The summed E-state index contributed by atoms with van der Waals surface area (Å²) in [6, 6.07) is 10.5. The van der Waals surface area contributed by atoms with Crippen LogP contribution in [0.5, 0.6) is 23.0 Å². The summed E-state index contributed by atoms with van der Waals surface area (Å²) in [6.45, 7) is 1.76. The second-order valence-corrected chi connectivity index (χ2v) is 13.6. The van der Waals surface area contributed by atoms with Crippen molar-refractivity contribution in [2.24, 2.45) is 5.92 Å². The van der Waals surface area contributed by atoms with Crippen molar-refractivity contribution < 1.29 is 43.5 Å². The maximum Gasteiger partial charge on any atom is 0.315 e. The maximum atomic E-state index is 13.7. The van der Waals surface area contributed by atoms with Gasteiger partial charge < -0.3 is 29.2 Å². The number of aliphatic carboxylic acids is 1. The molecule has 3 aromatic rings. The summed E-state index contributed by atoms with van der Waals surface area (Å²) in [5.41, 5.74) is 0.937. The van der Waals surface area contributed by atoms with Crippen molar-refractivity contribution in [3.05, 3.63) is 58.7 Å². The molecule has 2 heterocycles. The van der Waals surface area contributed by atoms with E-state index in [0.29, 0.717) is 64.3 Å². The topological polar surface area (TPSA) is 132 Å². The third-order valence-corrected chi connectivity index (χ3v) is 11.1. The number of likely N-dealkylation sites (tertiary alicyclic amines) is 1. The average Bonchev–Trinajstić information content (AvgIpc) is 3.77. The molecule has 1 saturated heterocycles. The molecule has 2 N–H and O–H groups in total. The molecule has 0 unspecified atom stereocenters. The molecule has 8 rings (SSSR count). The highest BCUT2D eigenvalue weighted by Crippen LogP contribution is 2.65. The summed E-state index contributed by atoms with van der Waals surface area (Å²) in [4.78, 5) is 41.3. The normalized spacial score (nSPS) is 27.6. The zero-order valence-electron chi connectivity index (χ0n) is 26.0. The monoisotopic (exact) mass is 627 g/mol. The quantitative estimate of drug-likeness (QED) is 0.267. The molecule has 3 aromatic carbocycles. The van der Waals surface area contributed by atoms with Crippen molar-refractivity contribution in [1.82, 2.24) is 4.90 Å². The summed E-state index contributed by atoms with van der Waals surface area (Å²) in [5.74, 6) is 0.676. The number of hydrogen-bond donors (Lipinski definition) is 2. The first-order valence-electron chi connectivity index (χ1n) is 16.1. The van der Waals surface area contributed by atoms with Gasteiger partial charge in [0.15, 0.2) is 23.4 Å². The van der Waals surface area contributed by atoms with Gasteiger partial charge in [0.05, 0.1) is 38.1 Å². The fourth-order valence-electron chi connectivity index (χ4n) is 8.97. The molecule has 1 spiro atoms. The zero-order chi connectivity index (χ0) is 32.0. The van der Waals surface area contributed by atoms with Crippen LogP contribution in [0, 0.1) is 5.92 Å². The zero-order valence-corrected chi connectivity index (χ0v) is 26.0. The third kappa shape index (κ3) is 4.26. The summed E-state index contributed by atoms with van der Waals surface area (Å²) in [5, 5.41) is 23.5. The minimum absolute atomic E-state index is 0.0235. The van der Waals surface area contributed by atoms with E-state index in [1.54, 1.807) is 30.3 Å². The molecule has 4 atom stereocenters. The number of esters is 1. The van der Waals surface area contributed by atoms with Crippen LogP contribution in [0.4, 0.5) is 0 Å². The van der Waals surface area contributed by atoms with Gasteiger partial charge in [-0.1, -0.05) is 6.07 Å². The van der Waals surface area contributed by atoms with Crippen LogP contribution in [-0.4, -0.2) is 77.9 Å². The fourth-order valence-corrected chi connectivity index (χ4v) is 8.97. The summed E-state index contributed by atoms with van der Waals surface area (Å²) in [6.07, 6.45) is 3.11. The first kappa shape index (κ1) is 29.3. The van der Waals surface area contributed by atoms with Gasteiger partial charge in [0, 0.05) is 24.6 Å². The Morgan fingerprint density at radius 1 is 1.02 bits per heavy atom. The molecule has 2 bridgehead atoms. The highest BCUT2D eigenvalue weighted by Gasteiger charge is 2.73. The number of carbonyl (C=O) groups is 3. The highest BCUT2D eigenvalue weighted by atomic mass is 16.6. The van der Waals surface area contributed by atoms with Crippen molar-refractivity contribution in [3.8, 4) is 23.0 Å². The molecule has 2 aliphatic heterocycles. The van der Waals surface area contributed by atoms with E-state index in [2.05, 4.69) is 4.90 Å². The molecule has 3 aliphatic carbocycles. The predicted molar refractivity (Wildman–Crippen MR) is 166 cm³/mol. The number of carboxylic acid groups (broad SMARTS) is 1. The number of hydrogen-bond acceptors (Lipinski definition) is 9. The Labute approximate surface area is 266 Å². The second kappa shape index (κ2) is 10.4. The first-order valence-corrected chi connectivity index (χ1v) is 16.1. The van der Waals surface area contributed by atoms with E-state index >= 15 is 0 Å². The summed E-state index contributed by atoms with van der Waals surface area (Å²) >= 11 is 0. The second-order valence-electron chi connectivity index (χ2n) is 13.6. The van der Waals surface area contributed by atoms with Crippen LogP contribution in [0.1, 0.15) is 54.4 Å². The SMILES string of the molecule is COc1cc(CC(=O)O)c2c(CC(=O)Oc3ccc4c5c3O[C@H]3C(=O)CC[C@@]6(O)[C@@H](C4)N(CC4CC4)CC[C@]536)cc(OC)cc2c1. The van der Waals surface area contributed by atoms with Crippen LogP contribution in [0.2, 0.25) is 0 Å². The molecule has 2 saturated carbocycles. The minimum atomic E-state index is -1.11. The summed E-state index contributed by atoms with van der Waals surface area (Å²) in [7, 11) is 3.03. The molecular weight excluding hydrogens is 590 g/mol. The van der Waals surface area contributed by atoms with Gasteiger partial charge in [-0.25, -0.2) is 0 Å². The molecular formula is C36H37NO9. The molecule has 0 radical (unpaired) electrons. The Kier molecular flexibility index (Phi) is 6.64. The van der Waals surface area contributed by atoms with Crippen LogP contribution >= 0.6 is 0 Å². The maximum absolute atomic E-state index is 13.7. The number of rotatable bonds is 9. The van der Waals surface area contributed by atoms with Gasteiger partial charge in [-0.3, -0.25) is 19.3 Å². The van der Waals surface area contributed by atoms with Crippen molar-refractivity contribution in [1.29, 1.82) is 0 Å². The van der Waals surface area contributed by atoms with E-state index in [1.165, 1.54) is 27.1 Å². The number of benzene rings is 3. The molecule has 240 valence electrons. The van der Waals surface area contributed by atoms with Crippen LogP contribution in [0.25, 0.3) is 10.8 Å². The molecule has 10 nitrogen and oxygen atoms in total. The lowest BCUT2D eigenvalue weighted by Crippen LogP contribution is -2.76. The van der Waals surface area contributed by atoms with E-state index in [0.717, 1.165) is 24.2 Å². The number of methoxy groups -OCH3 is 2. The first-order chi connectivity index (χ1) is 22.1.